The van der Waals surface area contributed by atoms with Crippen LogP contribution in [0.25, 0.3) is 0 Å². The van der Waals surface area contributed by atoms with Gasteiger partial charge in [0, 0.05) is 44.7 Å². The molecule has 3 aromatic rings. The van der Waals surface area contributed by atoms with Gasteiger partial charge >= 0.3 is 5.97 Å². The summed E-state index contributed by atoms with van der Waals surface area (Å²) < 4.78 is 7.12. The van der Waals surface area contributed by atoms with Crippen LogP contribution in [0.4, 0.5) is 11.4 Å². The fourth-order valence-corrected chi connectivity index (χ4v) is 4.22. The van der Waals surface area contributed by atoms with E-state index in [4.69, 9.17) is 4.74 Å². The third kappa shape index (κ3) is 5.65. The minimum atomic E-state index is -0.780. The zero-order chi connectivity index (χ0) is 24.8. The number of nitrogens with zero attached hydrogens (tertiary/aromatic N) is 4. The Morgan fingerprint density at radius 1 is 1.14 bits per heavy atom. The maximum Gasteiger partial charge on any atom is 0.341 e. The van der Waals surface area contributed by atoms with Gasteiger partial charge in [-0.25, -0.2) is 9.78 Å². The topological polar surface area (TPSA) is 120 Å². The summed E-state index contributed by atoms with van der Waals surface area (Å²) in [6.45, 7) is 0.969. The highest BCUT2D eigenvalue weighted by Gasteiger charge is 2.25. The number of imidazole rings is 1. The van der Waals surface area contributed by atoms with Gasteiger partial charge in [0.25, 0.3) is 11.6 Å². The number of anilines is 1. The zero-order valence-corrected chi connectivity index (χ0v) is 19.4. The first-order chi connectivity index (χ1) is 16.9. The van der Waals surface area contributed by atoms with E-state index >= 15 is 0 Å². The molecule has 0 bridgehead atoms. The first kappa shape index (κ1) is 23.9. The second-order valence-electron chi connectivity index (χ2n) is 8.39. The Kier molecular flexibility index (Phi) is 7.39. The smallest absolute Gasteiger partial charge is 0.341 e. The lowest BCUT2D eigenvalue weighted by Gasteiger charge is -2.30. The van der Waals surface area contributed by atoms with Crippen LogP contribution in [0, 0.1) is 10.1 Å². The van der Waals surface area contributed by atoms with Crippen molar-refractivity contribution in [2.24, 2.45) is 7.05 Å². The highest BCUT2D eigenvalue weighted by molar-refractivity contribution is 5.97. The molecule has 1 aliphatic rings. The number of esters is 1. The molecular formula is C25H27N5O5. The predicted octanol–water partition coefficient (Wildman–Crippen LogP) is 3.38. The van der Waals surface area contributed by atoms with Crippen LogP contribution in [0.15, 0.2) is 60.9 Å². The molecule has 2 heterocycles. The summed E-state index contributed by atoms with van der Waals surface area (Å²) in [4.78, 5) is 42.9. The summed E-state index contributed by atoms with van der Waals surface area (Å²) in [6, 6.07) is 13.0. The van der Waals surface area contributed by atoms with Gasteiger partial charge in [-0.15, -0.1) is 0 Å². The van der Waals surface area contributed by atoms with Crippen LogP contribution in [0.2, 0.25) is 0 Å². The average molecular weight is 478 g/mol. The molecule has 1 amide bonds. The van der Waals surface area contributed by atoms with E-state index in [1.165, 1.54) is 12.1 Å². The number of aryl methyl sites for hydroxylation is 1. The summed E-state index contributed by atoms with van der Waals surface area (Å²) in [5.41, 5.74) is 1.28. The van der Waals surface area contributed by atoms with Gasteiger partial charge in [-0.05, 0) is 30.9 Å². The number of piperidine rings is 1. The Hall–Kier alpha value is -4.21. The number of non-ortho nitro benzene ring substituents is 1. The van der Waals surface area contributed by atoms with Crippen molar-refractivity contribution in [1.82, 2.24) is 14.9 Å². The SMILES string of the molecule is Cn1ccnc1C(NC(=O)COC(=O)c1cc([N+](=O)[O-])ccc1N1CCCCC1)c1ccccc1. The van der Waals surface area contributed by atoms with Gasteiger partial charge in [0.2, 0.25) is 0 Å². The Balaban J connectivity index is 1.49. The number of amides is 1. The molecular weight excluding hydrogens is 450 g/mol. The van der Waals surface area contributed by atoms with E-state index in [1.54, 1.807) is 23.0 Å². The van der Waals surface area contributed by atoms with E-state index in [9.17, 15) is 19.7 Å². The molecule has 1 aromatic heterocycles. The second-order valence-corrected chi connectivity index (χ2v) is 8.39. The highest BCUT2D eigenvalue weighted by Crippen LogP contribution is 2.29. The van der Waals surface area contributed by atoms with Crippen molar-refractivity contribution in [3.05, 3.63) is 88.0 Å². The number of hydrogen-bond acceptors (Lipinski definition) is 7. The lowest BCUT2D eigenvalue weighted by Crippen LogP contribution is -2.35. The molecule has 0 spiro atoms. The number of nitro groups is 1. The zero-order valence-electron chi connectivity index (χ0n) is 19.4. The minimum absolute atomic E-state index is 0.0811. The molecule has 1 unspecified atom stereocenters. The number of aromatic nitrogens is 2. The van der Waals surface area contributed by atoms with Gasteiger partial charge < -0.3 is 19.5 Å². The van der Waals surface area contributed by atoms with Crippen LogP contribution >= 0.6 is 0 Å². The number of nitro benzene ring substituents is 1. The Labute approximate surface area is 202 Å². The quantitative estimate of drug-likeness (QED) is 0.300. The van der Waals surface area contributed by atoms with Gasteiger partial charge in [-0.1, -0.05) is 30.3 Å². The highest BCUT2D eigenvalue weighted by atomic mass is 16.6. The van der Waals surface area contributed by atoms with Crippen molar-refractivity contribution in [2.75, 3.05) is 24.6 Å². The van der Waals surface area contributed by atoms with E-state index in [0.29, 0.717) is 11.5 Å². The van der Waals surface area contributed by atoms with Gasteiger partial charge in [0.1, 0.15) is 11.9 Å². The maximum absolute atomic E-state index is 13.0. The number of rotatable bonds is 8. The van der Waals surface area contributed by atoms with Crippen LogP contribution in [-0.2, 0) is 16.6 Å². The van der Waals surface area contributed by atoms with Gasteiger partial charge in [-0.3, -0.25) is 14.9 Å². The molecule has 4 rings (SSSR count). The standard InChI is InChI=1S/C25H27N5O5/c1-28-15-12-26-24(28)23(18-8-4-2-5-9-18)27-22(31)17-35-25(32)20-16-19(30(33)34)10-11-21(20)29-13-6-3-7-14-29/h2,4-5,8-12,15-16,23H,3,6-7,13-14,17H2,1H3,(H,27,31). The maximum atomic E-state index is 13.0. The van der Waals surface area contributed by atoms with Gasteiger partial charge in [-0.2, -0.15) is 0 Å². The molecule has 10 heteroatoms. The number of nitrogens with one attached hydrogen (secondary N) is 1. The molecule has 1 aliphatic heterocycles. The third-order valence-electron chi connectivity index (χ3n) is 6.00. The van der Waals surface area contributed by atoms with Gasteiger partial charge in [0.15, 0.2) is 6.61 Å². The molecule has 1 fully saturated rings. The summed E-state index contributed by atoms with van der Waals surface area (Å²) >= 11 is 0. The summed E-state index contributed by atoms with van der Waals surface area (Å²) in [5, 5.41) is 14.2. The second kappa shape index (κ2) is 10.8. The van der Waals surface area contributed by atoms with Crippen molar-refractivity contribution >= 4 is 23.3 Å². The normalized spacial score (nSPS) is 14.3. The van der Waals surface area contributed by atoms with E-state index in [-0.39, 0.29) is 11.3 Å². The number of ether oxygens (including phenoxy) is 1. The first-order valence-electron chi connectivity index (χ1n) is 11.5. The number of carbonyl (C=O) groups is 2. The van der Waals surface area contributed by atoms with Crippen LogP contribution in [0.5, 0.6) is 0 Å². The Bertz CT molecular complexity index is 1200. The molecule has 0 radical (unpaired) electrons. The molecule has 1 N–H and O–H groups in total. The van der Waals surface area contributed by atoms with E-state index in [0.717, 1.165) is 37.9 Å². The van der Waals surface area contributed by atoms with E-state index in [1.807, 2.05) is 42.3 Å². The van der Waals surface area contributed by atoms with Crippen molar-refractivity contribution in [1.29, 1.82) is 0 Å². The van der Waals surface area contributed by atoms with Crippen LogP contribution in [0.3, 0.4) is 0 Å². The average Bonchev–Trinajstić information content (AvgIpc) is 3.31. The molecule has 35 heavy (non-hydrogen) atoms. The first-order valence-corrected chi connectivity index (χ1v) is 11.5. The Morgan fingerprint density at radius 3 is 2.54 bits per heavy atom. The lowest BCUT2D eigenvalue weighted by molar-refractivity contribution is -0.384. The number of benzene rings is 2. The van der Waals surface area contributed by atoms with Crippen LogP contribution in [0.1, 0.15) is 47.1 Å². The third-order valence-corrected chi connectivity index (χ3v) is 6.00. The molecule has 0 aliphatic carbocycles. The predicted molar refractivity (Wildman–Crippen MR) is 129 cm³/mol. The van der Waals surface area contributed by atoms with Crippen molar-refractivity contribution < 1.29 is 19.2 Å². The molecule has 0 saturated carbocycles. The fourth-order valence-electron chi connectivity index (χ4n) is 4.22. The monoisotopic (exact) mass is 477 g/mol. The molecule has 2 aromatic carbocycles. The van der Waals surface area contributed by atoms with Gasteiger partial charge in [0.05, 0.1) is 16.2 Å². The summed E-state index contributed by atoms with van der Waals surface area (Å²) in [5.74, 6) is -0.667. The largest absolute Gasteiger partial charge is 0.452 e. The molecule has 10 nitrogen and oxygen atoms in total. The molecule has 182 valence electrons. The van der Waals surface area contributed by atoms with Crippen LogP contribution in [-0.4, -0.2) is 46.0 Å². The van der Waals surface area contributed by atoms with Crippen molar-refractivity contribution in [2.45, 2.75) is 25.3 Å². The summed E-state index contributed by atoms with van der Waals surface area (Å²) in [6.07, 6.45) is 6.47. The number of hydrogen-bond donors (Lipinski definition) is 1. The Morgan fingerprint density at radius 2 is 1.89 bits per heavy atom. The number of carbonyl (C=O) groups excluding carboxylic acids is 2. The van der Waals surface area contributed by atoms with Crippen molar-refractivity contribution in [3.63, 3.8) is 0 Å². The van der Waals surface area contributed by atoms with Crippen molar-refractivity contribution in [3.8, 4) is 0 Å². The molecule has 1 saturated heterocycles. The van der Waals surface area contributed by atoms with E-state index < -0.39 is 29.4 Å². The minimum Gasteiger partial charge on any atom is -0.452 e. The fraction of sp³-hybridized carbons (Fsp3) is 0.320. The van der Waals surface area contributed by atoms with Crippen LogP contribution < -0.4 is 10.2 Å². The lowest BCUT2D eigenvalue weighted by atomic mass is 10.1. The molecule has 1 atom stereocenters. The van der Waals surface area contributed by atoms with E-state index in [2.05, 4.69) is 10.3 Å². The summed E-state index contributed by atoms with van der Waals surface area (Å²) in [7, 11) is 1.83.